The van der Waals surface area contributed by atoms with Crippen LogP contribution in [0.2, 0.25) is 10.0 Å². The van der Waals surface area contributed by atoms with Gasteiger partial charge in [0.15, 0.2) is 5.75 Å². The second-order valence-electron chi connectivity index (χ2n) is 3.94. The van der Waals surface area contributed by atoms with Crippen LogP contribution >= 0.6 is 23.2 Å². The molecular formula is C11H13Cl2NO4S. The number of rotatable bonds is 3. The number of nitrogens with zero attached hydrogens (tertiary/aromatic N) is 1. The molecule has 1 saturated heterocycles. The minimum atomic E-state index is -3.69. The van der Waals surface area contributed by atoms with Crippen molar-refractivity contribution in [1.82, 2.24) is 4.31 Å². The molecule has 0 bridgehead atoms. The zero-order valence-electron chi connectivity index (χ0n) is 10.2. The highest BCUT2D eigenvalue weighted by Gasteiger charge is 2.30. The third-order valence-electron chi connectivity index (χ3n) is 2.77. The first-order valence-corrected chi connectivity index (χ1v) is 7.77. The molecule has 1 aromatic carbocycles. The van der Waals surface area contributed by atoms with Gasteiger partial charge in [0.1, 0.15) is 4.90 Å². The zero-order valence-corrected chi connectivity index (χ0v) is 12.6. The van der Waals surface area contributed by atoms with Crippen molar-refractivity contribution in [1.29, 1.82) is 0 Å². The van der Waals surface area contributed by atoms with Crippen molar-refractivity contribution in [2.24, 2.45) is 0 Å². The fourth-order valence-electron chi connectivity index (χ4n) is 1.85. The molecule has 0 aromatic heterocycles. The molecule has 5 nitrogen and oxygen atoms in total. The lowest BCUT2D eigenvalue weighted by atomic mass is 10.3. The Hall–Kier alpha value is -0.530. The van der Waals surface area contributed by atoms with Crippen LogP contribution in [0.1, 0.15) is 0 Å². The van der Waals surface area contributed by atoms with Gasteiger partial charge in [0.2, 0.25) is 10.0 Å². The molecule has 0 spiro atoms. The van der Waals surface area contributed by atoms with Gasteiger partial charge in [-0.1, -0.05) is 23.2 Å². The largest absolute Gasteiger partial charge is 0.494 e. The van der Waals surface area contributed by atoms with E-state index in [0.29, 0.717) is 26.3 Å². The quantitative estimate of drug-likeness (QED) is 0.853. The number of methoxy groups -OCH3 is 1. The molecule has 2 rings (SSSR count). The molecule has 19 heavy (non-hydrogen) atoms. The van der Waals surface area contributed by atoms with Gasteiger partial charge >= 0.3 is 0 Å². The van der Waals surface area contributed by atoms with Crippen molar-refractivity contribution in [2.75, 3.05) is 33.4 Å². The standard InChI is InChI=1S/C11H13Cl2NO4S/c1-17-11-9(13)6-8(12)7-10(11)19(15,16)14-2-4-18-5-3-14/h6-7H,2-5H2,1H3. The molecule has 0 radical (unpaired) electrons. The summed E-state index contributed by atoms with van der Waals surface area (Å²) < 4.78 is 36.6. The maximum atomic E-state index is 12.5. The van der Waals surface area contributed by atoms with Crippen LogP contribution in [0, 0.1) is 0 Å². The molecule has 0 amide bonds. The minimum Gasteiger partial charge on any atom is -0.494 e. The maximum Gasteiger partial charge on any atom is 0.247 e. The van der Waals surface area contributed by atoms with Crippen molar-refractivity contribution < 1.29 is 17.9 Å². The van der Waals surface area contributed by atoms with Crippen LogP contribution in [-0.2, 0) is 14.8 Å². The van der Waals surface area contributed by atoms with Crippen LogP contribution in [0.3, 0.4) is 0 Å². The lowest BCUT2D eigenvalue weighted by Crippen LogP contribution is -2.40. The fraction of sp³-hybridized carbons (Fsp3) is 0.455. The van der Waals surface area contributed by atoms with E-state index in [4.69, 9.17) is 32.7 Å². The van der Waals surface area contributed by atoms with E-state index in [9.17, 15) is 8.42 Å². The normalized spacial score (nSPS) is 17.4. The van der Waals surface area contributed by atoms with Crippen LogP contribution in [0.4, 0.5) is 0 Å². The number of ether oxygens (including phenoxy) is 2. The molecule has 1 aromatic rings. The molecule has 1 fully saturated rings. The Balaban J connectivity index is 2.50. The molecule has 0 saturated carbocycles. The second kappa shape index (κ2) is 5.85. The molecule has 1 heterocycles. The summed E-state index contributed by atoms with van der Waals surface area (Å²) in [7, 11) is -2.32. The van der Waals surface area contributed by atoms with Crippen molar-refractivity contribution >= 4 is 33.2 Å². The van der Waals surface area contributed by atoms with E-state index in [1.165, 1.54) is 23.5 Å². The molecule has 0 aliphatic carbocycles. The Morgan fingerprint density at radius 3 is 2.47 bits per heavy atom. The zero-order chi connectivity index (χ0) is 14.0. The van der Waals surface area contributed by atoms with Gasteiger partial charge in [-0.3, -0.25) is 0 Å². The summed E-state index contributed by atoms with van der Waals surface area (Å²) in [6.07, 6.45) is 0. The Labute approximate surface area is 122 Å². The molecule has 8 heteroatoms. The summed E-state index contributed by atoms with van der Waals surface area (Å²) in [5.41, 5.74) is 0. The van der Waals surface area contributed by atoms with Crippen LogP contribution in [0.5, 0.6) is 5.75 Å². The van der Waals surface area contributed by atoms with Crippen LogP contribution in [-0.4, -0.2) is 46.1 Å². The summed E-state index contributed by atoms with van der Waals surface area (Å²) in [4.78, 5) is -0.0191. The first kappa shape index (κ1) is 14.9. The van der Waals surface area contributed by atoms with Gasteiger partial charge in [-0.2, -0.15) is 4.31 Å². The highest BCUT2D eigenvalue weighted by Crippen LogP contribution is 2.36. The predicted octanol–water partition coefficient (Wildman–Crippen LogP) is 2.02. The van der Waals surface area contributed by atoms with Gasteiger partial charge in [0, 0.05) is 18.1 Å². The van der Waals surface area contributed by atoms with Crippen molar-refractivity contribution in [3.8, 4) is 5.75 Å². The van der Waals surface area contributed by atoms with Crippen LogP contribution in [0.25, 0.3) is 0 Å². The van der Waals surface area contributed by atoms with Crippen LogP contribution in [0.15, 0.2) is 17.0 Å². The molecular weight excluding hydrogens is 313 g/mol. The Kier molecular flexibility index (Phi) is 4.58. The Morgan fingerprint density at radius 1 is 1.26 bits per heavy atom. The van der Waals surface area contributed by atoms with E-state index in [1.807, 2.05) is 0 Å². The Morgan fingerprint density at radius 2 is 1.89 bits per heavy atom. The fourth-order valence-corrected chi connectivity index (χ4v) is 4.16. The number of hydrogen-bond donors (Lipinski definition) is 0. The molecule has 0 unspecified atom stereocenters. The summed E-state index contributed by atoms with van der Waals surface area (Å²) in [6.45, 7) is 1.34. The molecule has 106 valence electrons. The average molecular weight is 326 g/mol. The first-order valence-electron chi connectivity index (χ1n) is 5.57. The summed E-state index contributed by atoms with van der Waals surface area (Å²) >= 11 is 11.8. The molecule has 1 aliphatic rings. The number of sulfonamides is 1. The van der Waals surface area contributed by atoms with Crippen molar-refractivity contribution in [2.45, 2.75) is 4.90 Å². The number of halogens is 2. The van der Waals surface area contributed by atoms with Gasteiger partial charge in [0.05, 0.1) is 25.3 Å². The third-order valence-corrected chi connectivity index (χ3v) is 5.17. The number of hydrogen-bond acceptors (Lipinski definition) is 4. The molecule has 0 atom stereocenters. The highest BCUT2D eigenvalue weighted by atomic mass is 35.5. The lowest BCUT2D eigenvalue weighted by Gasteiger charge is -2.26. The van der Waals surface area contributed by atoms with E-state index in [1.54, 1.807) is 0 Å². The topological polar surface area (TPSA) is 55.8 Å². The van der Waals surface area contributed by atoms with E-state index in [-0.39, 0.29) is 20.7 Å². The summed E-state index contributed by atoms with van der Waals surface area (Å²) in [5, 5.41) is 0.416. The highest BCUT2D eigenvalue weighted by molar-refractivity contribution is 7.89. The first-order chi connectivity index (χ1) is 8.96. The van der Waals surface area contributed by atoms with E-state index in [2.05, 4.69) is 0 Å². The van der Waals surface area contributed by atoms with Crippen molar-refractivity contribution in [3.05, 3.63) is 22.2 Å². The summed E-state index contributed by atoms with van der Waals surface area (Å²) in [5.74, 6) is 0.109. The predicted molar refractivity (Wildman–Crippen MR) is 72.6 cm³/mol. The average Bonchev–Trinajstić information content (AvgIpc) is 2.39. The van der Waals surface area contributed by atoms with Crippen LogP contribution < -0.4 is 4.74 Å². The minimum absolute atomic E-state index is 0.0191. The van der Waals surface area contributed by atoms with Gasteiger partial charge < -0.3 is 9.47 Å². The number of benzene rings is 1. The molecule has 0 N–H and O–H groups in total. The Bertz CT molecular complexity index is 570. The lowest BCUT2D eigenvalue weighted by molar-refractivity contribution is 0.0729. The van der Waals surface area contributed by atoms with E-state index < -0.39 is 10.0 Å². The van der Waals surface area contributed by atoms with E-state index in [0.717, 1.165) is 0 Å². The maximum absolute atomic E-state index is 12.5. The monoisotopic (exact) mass is 325 g/mol. The van der Waals surface area contributed by atoms with Gasteiger partial charge in [0.25, 0.3) is 0 Å². The SMILES string of the molecule is COc1c(Cl)cc(Cl)cc1S(=O)(=O)N1CCOCC1. The van der Waals surface area contributed by atoms with E-state index >= 15 is 0 Å². The number of morpholine rings is 1. The van der Waals surface area contributed by atoms with Crippen molar-refractivity contribution in [3.63, 3.8) is 0 Å². The van der Waals surface area contributed by atoms with Gasteiger partial charge in [-0.25, -0.2) is 8.42 Å². The smallest absolute Gasteiger partial charge is 0.247 e. The van der Waals surface area contributed by atoms with Gasteiger partial charge in [-0.15, -0.1) is 0 Å². The molecule has 1 aliphatic heterocycles. The second-order valence-corrected chi connectivity index (χ2v) is 6.69. The summed E-state index contributed by atoms with van der Waals surface area (Å²) in [6, 6.07) is 2.79. The third kappa shape index (κ3) is 2.98. The van der Waals surface area contributed by atoms with Gasteiger partial charge in [-0.05, 0) is 12.1 Å².